The maximum Gasteiger partial charge on any atom is 0.191 e. The van der Waals surface area contributed by atoms with Crippen LogP contribution < -0.4 is 10.6 Å². The highest BCUT2D eigenvalue weighted by Crippen LogP contribution is 2.17. The molecule has 1 aromatic rings. The zero-order valence-corrected chi connectivity index (χ0v) is 18.7. The van der Waals surface area contributed by atoms with Gasteiger partial charge in [0.05, 0.1) is 5.75 Å². The fraction of sp³-hybridized carbons (Fsp3) is 0.632. The Hall–Kier alpha value is -1.08. The summed E-state index contributed by atoms with van der Waals surface area (Å²) in [6.07, 6.45) is 3.88. The van der Waals surface area contributed by atoms with Crippen LogP contribution in [-0.2, 0) is 16.3 Å². The second kappa shape index (κ2) is 11.6. The van der Waals surface area contributed by atoms with Gasteiger partial charge in [-0.1, -0.05) is 41.4 Å². The van der Waals surface area contributed by atoms with Crippen LogP contribution in [0.2, 0.25) is 0 Å². The lowest BCUT2D eigenvalue weighted by molar-refractivity contribution is 0.515. The molecular formula is C19H32BrN3O2S. The standard InChI is InChI=1S/C19H32BrN3O2S/c1-5-16(12-17-8-7-9-18(20)13-17)14-22-19(21-6-2)23-15(3)10-11-26(4,24)25/h7-9,13,15-16H,5-6,10-12,14H2,1-4H3,(H2,21,22,23). The fourth-order valence-electron chi connectivity index (χ4n) is 2.57. The number of rotatable bonds is 10. The van der Waals surface area contributed by atoms with Gasteiger partial charge in [0, 0.05) is 29.9 Å². The van der Waals surface area contributed by atoms with E-state index in [2.05, 4.69) is 51.7 Å². The van der Waals surface area contributed by atoms with Crippen LogP contribution in [0.15, 0.2) is 33.7 Å². The van der Waals surface area contributed by atoms with E-state index in [1.807, 2.05) is 19.9 Å². The van der Waals surface area contributed by atoms with Gasteiger partial charge >= 0.3 is 0 Å². The van der Waals surface area contributed by atoms with E-state index < -0.39 is 9.84 Å². The average Bonchev–Trinajstić information content (AvgIpc) is 2.56. The Morgan fingerprint density at radius 3 is 2.62 bits per heavy atom. The Labute approximate surface area is 167 Å². The van der Waals surface area contributed by atoms with Gasteiger partial charge in [0.15, 0.2) is 5.96 Å². The first-order chi connectivity index (χ1) is 12.2. The second-order valence-electron chi connectivity index (χ2n) is 6.79. The summed E-state index contributed by atoms with van der Waals surface area (Å²) in [6, 6.07) is 8.45. The highest BCUT2D eigenvalue weighted by Gasteiger charge is 2.11. The monoisotopic (exact) mass is 445 g/mol. The number of hydrogen-bond acceptors (Lipinski definition) is 3. The maximum atomic E-state index is 11.3. The first kappa shape index (κ1) is 23.0. The van der Waals surface area contributed by atoms with Crippen LogP contribution in [0.25, 0.3) is 0 Å². The van der Waals surface area contributed by atoms with Gasteiger partial charge in [0.1, 0.15) is 9.84 Å². The molecule has 0 amide bonds. The van der Waals surface area contributed by atoms with E-state index in [-0.39, 0.29) is 11.8 Å². The number of halogens is 1. The molecule has 0 heterocycles. The summed E-state index contributed by atoms with van der Waals surface area (Å²) >= 11 is 3.52. The third-order valence-corrected chi connectivity index (χ3v) is 5.62. The minimum Gasteiger partial charge on any atom is -0.357 e. The molecule has 26 heavy (non-hydrogen) atoms. The molecule has 0 saturated heterocycles. The zero-order valence-electron chi connectivity index (χ0n) is 16.3. The second-order valence-corrected chi connectivity index (χ2v) is 9.97. The van der Waals surface area contributed by atoms with Crippen molar-refractivity contribution in [2.75, 3.05) is 25.1 Å². The van der Waals surface area contributed by atoms with E-state index in [0.29, 0.717) is 12.3 Å². The molecule has 1 rings (SSSR count). The molecule has 1 aromatic carbocycles. The molecule has 0 fully saturated rings. The van der Waals surface area contributed by atoms with Crippen LogP contribution in [0.3, 0.4) is 0 Å². The van der Waals surface area contributed by atoms with Crippen LogP contribution >= 0.6 is 15.9 Å². The first-order valence-electron chi connectivity index (χ1n) is 9.20. The molecule has 2 atom stereocenters. The van der Waals surface area contributed by atoms with E-state index in [4.69, 9.17) is 4.99 Å². The Balaban J connectivity index is 2.64. The smallest absolute Gasteiger partial charge is 0.191 e. The van der Waals surface area contributed by atoms with Gasteiger partial charge in [-0.25, -0.2) is 8.42 Å². The van der Waals surface area contributed by atoms with Gasteiger partial charge in [-0.3, -0.25) is 4.99 Å². The minimum atomic E-state index is -2.94. The van der Waals surface area contributed by atoms with E-state index in [1.54, 1.807) is 0 Å². The lowest BCUT2D eigenvalue weighted by Crippen LogP contribution is -2.43. The van der Waals surface area contributed by atoms with Gasteiger partial charge < -0.3 is 10.6 Å². The van der Waals surface area contributed by atoms with Crippen LogP contribution in [0.1, 0.15) is 39.2 Å². The molecule has 0 aliphatic heterocycles. The number of nitrogens with zero attached hydrogens (tertiary/aromatic N) is 1. The maximum absolute atomic E-state index is 11.3. The van der Waals surface area contributed by atoms with Crippen molar-refractivity contribution < 1.29 is 8.42 Å². The highest BCUT2D eigenvalue weighted by molar-refractivity contribution is 9.10. The molecule has 0 spiro atoms. The summed E-state index contributed by atoms with van der Waals surface area (Å²) in [6.45, 7) is 7.70. The van der Waals surface area contributed by atoms with Crippen molar-refractivity contribution in [2.24, 2.45) is 10.9 Å². The van der Waals surface area contributed by atoms with E-state index in [9.17, 15) is 8.42 Å². The molecule has 0 aromatic heterocycles. The predicted molar refractivity (Wildman–Crippen MR) is 115 cm³/mol. The molecule has 2 unspecified atom stereocenters. The largest absolute Gasteiger partial charge is 0.357 e. The van der Waals surface area contributed by atoms with Crippen molar-refractivity contribution in [3.63, 3.8) is 0 Å². The lowest BCUT2D eigenvalue weighted by Gasteiger charge is -2.19. The van der Waals surface area contributed by atoms with Gasteiger partial charge in [0.2, 0.25) is 0 Å². The van der Waals surface area contributed by atoms with Crippen molar-refractivity contribution in [1.29, 1.82) is 0 Å². The molecule has 2 N–H and O–H groups in total. The highest BCUT2D eigenvalue weighted by atomic mass is 79.9. The van der Waals surface area contributed by atoms with Gasteiger partial charge in [-0.2, -0.15) is 0 Å². The summed E-state index contributed by atoms with van der Waals surface area (Å²) in [7, 11) is -2.94. The molecule has 0 saturated carbocycles. The summed E-state index contributed by atoms with van der Waals surface area (Å²) < 4.78 is 23.7. The fourth-order valence-corrected chi connectivity index (χ4v) is 3.80. The number of nitrogens with one attached hydrogen (secondary N) is 2. The number of hydrogen-bond donors (Lipinski definition) is 2. The first-order valence-corrected chi connectivity index (χ1v) is 12.1. The topological polar surface area (TPSA) is 70.6 Å². The number of benzene rings is 1. The minimum absolute atomic E-state index is 0.0488. The van der Waals surface area contributed by atoms with Crippen LogP contribution in [0.5, 0.6) is 0 Å². The Morgan fingerprint density at radius 2 is 2.04 bits per heavy atom. The molecule has 0 radical (unpaired) electrons. The Morgan fingerprint density at radius 1 is 1.31 bits per heavy atom. The summed E-state index contributed by atoms with van der Waals surface area (Å²) in [5.41, 5.74) is 1.31. The molecule has 5 nitrogen and oxygen atoms in total. The number of aliphatic imine (C=N–C) groups is 1. The third kappa shape index (κ3) is 10.2. The SMILES string of the molecule is CCNC(=NCC(CC)Cc1cccc(Br)c1)NC(C)CCS(C)(=O)=O. The zero-order chi connectivity index (χ0) is 19.6. The van der Waals surface area contributed by atoms with Crippen LogP contribution in [-0.4, -0.2) is 45.5 Å². The van der Waals surface area contributed by atoms with Gasteiger partial charge in [-0.15, -0.1) is 0 Å². The van der Waals surface area contributed by atoms with Crippen molar-refractivity contribution in [3.05, 3.63) is 34.3 Å². The predicted octanol–water partition coefficient (Wildman–Crippen LogP) is 3.40. The molecule has 7 heteroatoms. The Kier molecular flexibility index (Phi) is 10.2. The van der Waals surface area contributed by atoms with Gasteiger partial charge in [-0.05, 0) is 50.3 Å². The molecule has 0 bridgehead atoms. The van der Waals surface area contributed by atoms with Crippen molar-refractivity contribution >= 4 is 31.7 Å². The molecule has 0 aliphatic rings. The van der Waals surface area contributed by atoms with Crippen molar-refractivity contribution in [2.45, 2.75) is 46.1 Å². The average molecular weight is 446 g/mol. The number of sulfone groups is 1. The lowest BCUT2D eigenvalue weighted by atomic mass is 9.97. The number of guanidine groups is 1. The van der Waals surface area contributed by atoms with E-state index in [1.165, 1.54) is 11.8 Å². The van der Waals surface area contributed by atoms with Crippen LogP contribution in [0, 0.1) is 5.92 Å². The summed E-state index contributed by atoms with van der Waals surface area (Å²) in [4.78, 5) is 4.72. The molecule has 148 valence electrons. The van der Waals surface area contributed by atoms with Crippen molar-refractivity contribution in [1.82, 2.24) is 10.6 Å². The summed E-state index contributed by atoms with van der Waals surface area (Å²) in [5.74, 6) is 1.40. The normalized spacial score (nSPS) is 14.7. The molecule has 0 aliphatic carbocycles. The van der Waals surface area contributed by atoms with E-state index >= 15 is 0 Å². The summed E-state index contributed by atoms with van der Waals surface area (Å²) in [5, 5.41) is 6.55. The van der Waals surface area contributed by atoms with Crippen LogP contribution in [0.4, 0.5) is 0 Å². The molecular weight excluding hydrogens is 414 g/mol. The quantitative estimate of drug-likeness (QED) is 0.427. The van der Waals surface area contributed by atoms with Crippen molar-refractivity contribution in [3.8, 4) is 0 Å². The van der Waals surface area contributed by atoms with Gasteiger partial charge in [0.25, 0.3) is 0 Å². The third-order valence-electron chi connectivity index (χ3n) is 4.15. The Bertz CT molecular complexity index is 677. The van der Waals surface area contributed by atoms with E-state index in [0.717, 1.165) is 36.4 Å².